The zero-order valence-corrected chi connectivity index (χ0v) is 22.0. The topological polar surface area (TPSA) is 84.4 Å². The van der Waals surface area contributed by atoms with Gasteiger partial charge in [0, 0.05) is 13.1 Å². The van der Waals surface area contributed by atoms with E-state index in [2.05, 4.69) is 0 Å². The molecule has 2 fully saturated rings. The van der Waals surface area contributed by atoms with Gasteiger partial charge in [0.25, 0.3) is 0 Å². The lowest BCUT2D eigenvalue weighted by molar-refractivity contribution is -0.148. The molecule has 4 amide bonds. The number of benzene rings is 3. The van der Waals surface area contributed by atoms with Crippen molar-refractivity contribution in [1.29, 1.82) is 0 Å². The first-order valence-corrected chi connectivity index (χ1v) is 13.3. The minimum Gasteiger partial charge on any atom is -0.480 e. The highest BCUT2D eigenvalue weighted by Crippen LogP contribution is 2.38. The van der Waals surface area contributed by atoms with E-state index in [1.165, 1.54) is 14.7 Å². The maximum atomic E-state index is 14.1. The van der Waals surface area contributed by atoms with Crippen LogP contribution in [0.1, 0.15) is 18.4 Å². The van der Waals surface area contributed by atoms with E-state index in [1.807, 2.05) is 0 Å². The number of halogens is 3. The third-order valence-electron chi connectivity index (χ3n) is 7.45. The summed E-state index contributed by atoms with van der Waals surface area (Å²) in [5.74, 6) is -1.33. The van der Waals surface area contributed by atoms with Crippen LogP contribution in [0.4, 0.5) is 34.1 Å². The summed E-state index contributed by atoms with van der Waals surface area (Å²) >= 11 is 0. The summed E-state index contributed by atoms with van der Waals surface area (Å²) in [5.41, 5.74) is 1.57. The number of hydrogen-bond donors (Lipinski definition) is 1. The number of aliphatic carboxylic acids is 1. The largest absolute Gasteiger partial charge is 0.480 e. The molecule has 0 aliphatic carbocycles. The maximum Gasteiger partial charge on any atom is 0.406 e. The summed E-state index contributed by atoms with van der Waals surface area (Å²) in [6.45, 7) is -1.89. The number of carbonyl (C=O) groups excluding carboxylic acids is 2. The number of rotatable bonds is 6. The molecule has 2 bridgehead atoms. The van der Waals surface area contributed by atoms with E-state index < -0.39 is 48.9 Å². The van der Waals surface area contributed by atoms with E-state index in [9.17, 15) is 32.7 Å². The first kappa shape index (κ1) is 28.0. The number of urea groups is 2. The monoisotopic (exact) mass is 566 g/mol. The summed E-state index contributed by atoms with van der Waals surface area (Å²) in [6.07, 6.45) is -4.04. The van der Waals surface area contributed by atoms with Crippen LogP contribution in [0.15, 0.2) is 91.0 Å². The third kappa shape index (κ3) is 5.98. The van der Waals surface area contributed by atoms with Crippen LogP contribution in [0.5, 0.6) is 0 Å². The average molecular weight is 567 g/mol. The Morgan fingerprint density at radius 1 is 0.805 bits per heavy atom. The number of carbonyl (C=O) groups is 3. The van der Waals surface area contributed by atoms with Gasteiger partial charge in [-0.3, -0.25) is 4.90 Å². The highest BCUT2D eigenvalue weighted by molar-refractivity contribution is 6.01. The van der Waals surface area contributed by atoms with Gasteiger partial charge in [-0.2, -0.15) is 13.2 Å². The van der Waals surface area contributed by atoms with Crippen molar-refractivity contribution in [2.24, 2.45) is 0 Å². The second-order valence-corrected chi connectivity index (χ2v) is 10.2. The van der Waals surface area contributed by atoms with Gasteiger partial charge in [-0.1, -0.05) is 66.7 Å². The molecule has 0 radical (unpaired) electrons. The van der Waals surface area contributed by atoms with E-state index >= 15 is 0 Å². The zero-order chi connectivity index (χ0) is 29.1. The van der Waals surface area contributed by atoms with Crippen LogP contribution in [0.3, 0.4) is 0 Å². The van der Waals surface area contributed by atoms with Crippen LogP contribution >= 0.6 is 0 Å². The summed E-state index contributed by atoms with van der Waals surface area (Å²) in [5, 5.41) is 10.3. The Kier molecular flexibility index (Phi) is 7.87. The molecule has 3 aromatic carbocycles. The highest BCUT2D eigenvalue weighted by atomic mass is 19.4. The molecule has 2 aliphatic rings. The van der Waals surface area contributed by atoms with E-state index in [-0.39, 0.29) is 19.5 Å². The van der Waals surface area contributed by atoms with Gasteiger partial charge >= 0.3 is 24.2 Å². The molecule has 8 nitrogen and oxygen atoms in total. The van der Waals surface area contributed by atoms with E-state index in [4.69, 9.17) is 0 Å². The van der Waals surface area contributed by atoms with Crippen molar-refractivity contribution < 1.29 is 32.7 Å². The first-order valence-electron chi connectivity index (χ1n) is 13.3. The number of hydrogen-bond acceptors (Lipinski definition) is 3. The lowest BCUT2D eigenvalue weighted by atomic mass is 10.0. The Morgan fingerprint density at radius 3 is 1.85 bits per heavy atom. The number of para-hydroxylation sites is 2. The van der Waals surface area contributed by atoms with Gasteiger partial charge in [0.05, 0.1) is 23.5 Å². The highest BCUT2D eigenvalue weighted by Gasteiger charge is 2.54. The molecule has 41 heavy (non-hydrogen) atoms. The molecule has 0 spiro atoms. The van der Waals surface area contributed by atoms with Crippen LogP contribution < -0.4 is 4.90 Å². The van der Waals surface area contributed by atoms with E-state index in [0.717, 1.165) is 0 Å². The molecule has 2 saturated heterocycles. The number of alkyl halides is 3. The number of amides is 4. The molecule has 2 aliphatic heterocycles. The number of anilines is 2. The van der Waals surface area contributed by atoms with Crippen molar-refractivity contribution in [3.05, 3.63) is 96.6 Å². The Labute approximate surface area is 235 Å². The smallest absolute Gasteiger partial charge is 0.406 e. The van der Waals surface area contributed by atoms with Gasteiger partial charge in [0.2, 0.25) is 0 Å². The predicted octanol–water partition coefficient (Wildman–Crippen LogP) is 5.73. The second-order valence-electron chi connectivity index (χ2n) is 10.2. The minimum atomic E-state index is -4.65. The van der Waals surface area contributed by atoms with Crippen LogP contribution in [0.2, 0.25) is 0 Å². The number of piperazine rings is 1. The fourth-order valence-electron chi connectivity index (χ4n) is 5.77. The molecule has 0 aromatic heterocycles. The normalized spacial score (nSPS) is 20.0. The molecule has 0 unspecified atom stereocenters. The number of fused-ring (bicyclic) bond motifs is 2. The van der Waals surface area contributed by atoms with E-state index in [0.29, 0.717) is 28.3 Å². The number of carboxylic acid groups (broad SMARTS) is 1. The van der Waals surface area contributed by atoms with Crippen molar-refractivity contribution >= 4 is 29.4 Å². The van der Waals surface area contributed by atoms with Crippen LogP contribution in [0, 0.1) is 0 Å². The minimum absolute atomic E-state index is 0.126. The lowest BCUT2D eigenvalue weighted by Gasteiger charge is -2.47. The molecule has 3 atom stereocenters. The second kappa shape index (κ2) is 11.5. The van der Waals surface area contributed by atoms with Crippen molar-refractivity contribution in [3.8, 4) is 0 Å². The zero-order valence-electron chi connectivity index (χ0n) is 22.0. The number of carboxylic acids is 1. The fourth-order valence-corrected chi connectivity index (χ4v) is 5.77. The Balaban J connectivity index is 1.46. The van der Waals surface area contributed by atoms with Crippen LogP contribution in [-0.4, -0.2) is 75.2 Å². The fraction of sp³-hybridized carbons (Fsp3) is 0.300. The van der Waals surface area contributed by atoms with E-state index in [1.54, 1.807) is 91.0 Å². The van der Waals surface area contributed by atoms with Crippen LogP contribution in [0.25, 0.3) is 0 Å². The van der Waals surface area contributed by atoms with Gasteiger partial charge in [-0.15, -0.1) is 0 Å². The SMILES string of the molecule is O=C(O)[C@@H]1[C@H]2CC[C@@H](CN1C(=O)N(c1ccccc1)c1ccccc1)N2C(=O)N(Cc1ccccc1)CC(F)(F)F. The Morgan fingerprint density at radius 2 is 1.34 bits per heavy atom. The van der Waals surface area contributed by atoms with Crippen molar-refractivity contribution in [1.82, 2.24) is 14.7 Å². The third-order valence-corrected chi connectivity index (χ3v) is 7.45. The Hall–Kier alpha value is -4.54. The molecule has 11 heteroatoms. The van der Waals surface area contributed by atoms with Crippen molar-refractivity contribution in [2.45, 2.75) is 43.7 Å². The molecule has 1 N–H and O–H groups in total. The molecule has 3 aromatic rings. The van der Waals surface area contributed by atoms with Gasteiger partial charge in [-0.05, 0) is 42.7 Å². The average Bonchev–Trinajstić information content (AvgIpc) is 3.25. The molecule has 214 valence electrons. The molecule has 0 saturated carbocycles. The molecular formula is C30H29F3N4O4. The standard InChI is InChI=1S/C30H29F3N4O4/c31-30(32,33)20-34(18-21-10-4-1-5-11-21)28(40)37-24-16-17-25(37)26(27(38)39)35(19-24)29(41)36(22-12-6-2-7-13-22)23-14-8-3-9-15-23/h1-15,24-26H,16-20H2,(H,38,39)/t24-,25+,26-/m0/s1. The molecule has 5 rings (SSSR count). The van der Waals surface area contributed by atoms with Gasteiger partial charge < -0.3 is 19.8 Å². The summed E-state index contributed by atoms with van der Waals surface area (Å²) in [4.78, 5) is 45.1. The van der Waals surface area contributed by atoms with Gasteiger partial charge in [0.1, 0.15) is 6.54 Å². The number of likely N-dealkylation sites (tertiary alicyclic amines) is 1. The predicted molar refractivity (Wildman–Crippen MR) is 146 cm³/mol. The molecule has 2 heterocycles. The number of nitrogens with zero attached hydrogens (tertiary/aromatic N) is 4. The maximum absolute atomic E-state index is 14.1. The summed E-state index contributed by atoms with van der Waals surface area (Å²) in [6, 6.07) is 21.3. The lowest BCUT2D eigenvalue weighted by Crippen LogP contribution is -2.67. The van der Waals surface area contributed by atoms with Crippen molar-refractivity contribution in [2.75, 3.05) is 18.0 Å². The summed E-state index contributed by atoms with van der Waals surface area (Å²) < 4.78 is 40.7. The quantitative estimate of drug-likeness (QED) is 0.413. The van der Waals surface area contributed by atoms with Gasteiger partial charge in [0.15, 0.2) is 6.04 Å². The summed E-state index contributed by atoms with van der Waals surface area (Å²) in [7, 11) is 0. The van der Waals surface area contributed by atoms with Crippen LogP contribution in [-0.2, 0) is 11.3 Å². The van der Waals surface area contributed by atoms with Gasteiger partial charge in [-0.25, -0.2) is 14.4 Å². The van der Waals surface area contributed by atoms with Crippen molar-refractivity contribution in [3.63, 3.8) is 0 Å². The Bertz CT molecular complexity index is 1340. The first-order chi connectivity index (χ1) is 19.6. The molecular weight excluding hydrogens is 537 g/mol.